The first-order chi connectivity index (χ1) is 10.5. The van der Waals surface area contributed by atoms with Crippen molar-refractivity contribution < 1.29 is 4.79 Å². The SMILES string of the molecule is CC(C(=O)Nc1ccc(Br)cc1Br)N(C)Cc1ccccc1. The van der Waals surface area contributed by atoms with E-state index in [1.54, 1.807) is 0 Å². The summed E-state index contributed by atoms with van der Waals surface area (Å²) in [4.78, 5) is 14.4. The highest BCUT2D eigenvalue weighted by Gasteiger charge is 2.19. The zero-order valence-electron chi connectivity index (χ0n) is 12.5. The van der Waals surface area contributed by atoms with Crippen molar-refractivity contribution in [2.75, 3.05) is 12.4 Å². The summed E-state index contributed by atoms with van der Waals surface area (Å²) < 4.78 is 1.82. The standard InChI is InChI=1S/C17H18Br2N2O/c1-12(21(2)11-13-6-4-3-5-7-13)17(22)20-16-9-8-14(18)10-15(16)19/h3-10,12H,11H2,1-2H3,(H,20,22). The molecule has 0 saturated carbocycles. The Bertz CT molecular complexity index is 646. The van der Waals surface area contributed by atoms with Crippen LogP contribution in [0.2, 0.25) is 0 Å². The summed E-state index contributed by atoms with van der Waals surface area (Å²) in [5, 5.41) is 2.96. The predicted molar refractivity (Wildman–Crippen MR) is 97.8 cm³/mol. The number of nitrogens with one attached hydrogen (secondary N) is 1. The van der Waals surface area contributed by atoms with E-state index in [0.29, 0.717) is 0 Å². The van der Waals surface area contributed by atoms with Crippen LogP contribution in [-0.2, 0) is 11.3 Å². The van der Waals surface area contributed by atoms with Crippen LogP contribution in [0.4, 0.5) is 5.69 Å². The van der Waals surface area contributed by atoms with Crippen LogP contribution in [0.3, 0.4) is 0 Å². The maximum atomic E-state index is 12.4. The number of carbonyl (C=O) groups excluding carboxylic acids is 1. The molecule has 5 heteroatoms. The van der Waals surface area contributed by atoms with Gasteiger partial charge < -0.3 is 5.32 Å². The topological polar surface area (TPSA) is 32.3 Å². The Morgan fingerprint density at radius 1 is 1.18 bits per heavy atom. The molecule has 1 atom stereocenters. The zero-order valence-corrected chi connectivity index (χ0v) is 15.7. The molecule has 0 heterocycles. The zero-order chi connectivity index (χ0) is 16.1. The third kappa shape index (κ3) is 4.66. The highest BCUT2D eigenvalue weighted by molar-refractivity contribution is 9.11. The maximum Gasteiger partial charge on any atom is 0.241 e. The molecule has 0 aliphatic carbocycles. The molecule has 2 aromatic rings. The molecule has 2 aromatic carbocycles. The summed E-state index contributed by atoms with van der Waals surface area (Å²) in [7, 11) is 1.95. The number of halogens is 2. The average Bonchev–Trinajstić information content (AvgIpc) is 2.50. The van der Waals surface area contributed by atoms with E-state index in [4.69, 9.17) is 0 Å². The van der Waals surface area contributed by atoms with E-state index in [0.717, 1.165) is 21.2 Å². The van der Waals surface area contributed by atoms with Gasteiger partial charge in [-0.2, -0.15) is 0 Å². The molecule has 1 N–H and O–H groups in total. The van der Waals surface area contributed by atoms with Crippen LogP contribution in [0.1, 0.15) is 12.5 Å². The van der Waals surface area contributed by atoms with Crippen LogP contribution >= 0.6 is 31.9 Å². The van der Waals surface area contributed by atoms with Crippen LogP contribution < -0.4 is 5.32 Å². The van der Waals surface area contributed by atoms with Crippen molar-refractivity contribution in [2.45, 2.75) is 19.5 Å². The van der Waals surface area contributed by atoms with Gasteiger partial charge in [0.1, 0.15) is 0 Å². The van der Waals surface area contributed by atoms with Gasteiger partial charge in [0.2, 0.25) is 5.91 Å². The maximum absolute atomic E-state index is 12.4. The highest BCUT2D eigenvalue weighted by Crippen LogP contribution is 2.26. The second-order valence-corrected chi connectivity index (χ2v) is 6.96. The first-order valence-corrected chi connectivity index (χ1v) is 8.56. The van der Waals surface area contributed by atoms with Gasteiger partial charge in [0, 0.05) is 15.5 Å². The minimum atomic E-state index is -0.226. The van der Waals surface area contributed by atoms with Gasteiger partial charge in [-0.3, -0.25) is 9.69 Å². The number of hydrogen-bond donors (Lipinski definition) is 1. The number of hydrogen-bond acceptors (Lipinski definition) is 2. The van der Waals surface area contributed by atoms with Crippen molar-refractivity contribution in [3.8, 4) is 0 Å². The number of likely N-dealkylation sites (N-methyl/N-ethyl adjacent to an activating group) is 1. The summed E-state index contributed by atoms with van der Waals surface area (Å²) in [6.45, 7) is 2.64. The Balaban J connectivity index is 1.99. The van der Waals surface area contributed by atoms with Crippen LogP contribution in [0.5, 0.6) is 0 Å². The van der Waals surface area contributed by atoms with E-state index in [9.17, 15) is 4.79 Å². The lowest BCUT2D eigenvalue weighted by molar-refractivity contribution is -0.120. The second kappa shape index (κ2) is 7.90. The molecular weight excluding hydrogens is 408 g/mol. The number of anilines is 1. The summed E-state index contributed by atoms with van der Waals surface area (Å²) >= 11 is 6.86. The van der Waals surface area contributed by atoms with Crippen LogP contribution in [0.15, 0.2) is 57.5 Å². The number of amides is 1. The lowest BCUT2D eigenvalue weighted by Gasteiger charge is -2.24. The van der Waals surface area contributed by atoms with Gasteiger partial charge in [-0.05, 0) is 53.7 Å². The fourth-order valence-electron chi connectivity index (χ4n) is 2.04. The van der Waals surface area contributed by atoms with E-state index in [1.165, 1.54) is 5.56 Å². The summed E-state index contributed by atoms with van der Waals surface area (Å²) in [6, 6.07) is 15.6. The smallest absolute Gasteiger partial charge is 0.241 e. The fraction of sp³-hybridized carbons (Fsp3) is 0.235. The second-order valence-electron chi connectivity index (χ2n) is 5.19. The minimum Gasteiger partial charge on any atom is -0.324 e. The molecule has 0 fully saturated rings. The summed E-state index contributed by atoms with van der Waals surface area (Å²) in [5.41, 5.74) is 1.96. The number of benzene rings is 2. The molecule has 0 radical (unpaired) electrons. The largest absolute Gasteiger partial charge is 0.324 e. The minimum absolute atomic E-state index is 0.0264. The van der Waals surface area contributed by atoms with Gasteiger partial charge in [-0.25, -0.2) is 0 Å². The number of rotatable bonds is 5. The lowest BCUT2D eigenvalue weighted by atomic mass is 10.2. The molecule has 0 aliphatic heterocycles. The predicted octanol–water partition coefficient (Wildman–Crippen LogP) is 4.67. The monoisotopic (exact) mass is 424 g/mol. The van der Waals surface area contributed by atoms with Crippen LogP contribution in [-0.4, -0.2) is 23.9 Å². The molecule has 116 valence electrons. The Morgan fingerprint density at radius 2 is 1.86 bits per heavy atom. The van der Waals surface area contributed by atoms with Crippen molar-refractivity contribution in [3.63, 3.8) is 0 Å². The Morgan fingerprint density at radius 3 is 2.50 bits per heavy atom. The number of carbonyl (C=O) groups is 1. The first-order valence-electron chi connectivity index (χ1n) is 6.97. The average molecular weight is 426 g/mol. The molecule has 1 unspecified atom stereocenters. The molecule has 0 bridgehead atoms. The first kappa shape index (κ1) is 17.2. The lowest BCUT2D eigenvalue weighted by Crippen LogP contribution is -2.39. The quantitative estimate of drug-likeness (QED) is 0.754. The van der Waals surface area contributed by atoms with Gasteiger partial charge in [0.15, 0.2) is 0 Å². The molecule has 0 aliphatic rings. The third-order valence-electron chi connectivity index (χ3n) is 3.50. The fourth-order valence-corrected chi connectivity index (χ4v) is 3.18. The molecule has 1 amide bonds. The molecule has 3 nitrogen and oxygen atoms in total. The highest BCUT2D eigenvalue weighted by atomic mass is 79.9. The molecule has 0 spiro atoms. The van der Waals surface area contributed by atoms with Crippen molar-refractivity contribution in [1.29, 1.82) is 0 Å². The van der Waals surface area contributed by atoms with Crippen molar-refractivity contribution in [3.05, 3.63) is 63.0 Å². The third-order valence-corrected chi connectivity index (χ3v) is 4.65. The van der Waals surface area contributed by atoms with Crippen molar-refractivity contribution >= 4 is 43.5 Å². The van der Waals surface area contributed by atoms with Crippen molar-refractivity contribution in [2.24, 2.45) is 0 Å². The molecular formula is C17H18Br2N2O. The molecule has 2 rings (SSSR count). The van der Waals surface area contributed by atoms with E-state index in [2.05, 4.69) is 49.3 Å². The van der Waals surface area contributed by atoms with E-state index in [1.807, 2.05) is 55.3 Å². The summed E-state index contributed by atoms with van der Waals surface area (Å²) in [6.07, 6.45) is 0. The van der Waals surface area contributed by atoms with Gasteiger partial charge in [-0.15, -0.1) is 0 Å². The van der Waals surface area contributed by atoms with Crippen molar-refractivity contribution in [1.82, 2.24) is 4.90 Å². The van der Waals surface area contributed by atoms with E-state index >= 15 is 0 Å². The van der Waals surface area contributed by atoms with Gasteiger partial charge in [0.05, 0.1) is 11.7 Å². The van der Waals surface area contributed by atoms with Gasteiger partial charge in [-0.1, -0.05) is 46.3 Å². The molecule has 22 heavy (non-hydrogen) atoms. The van der Waals surface area contributed by atoms with Gasteiger partial charge in [0.25, 0.3) is 0 Å². The Labute approximate surface area is 148 Å². The molecule has 0 saturated heterocycles. The summed E-state index contributed by atoms with van der Waals surface area (Å²) in [5.74, 6) is -0.0264. The van der Waals surface area contributed by atoms with Crippen LogP contribution in [0.25, 0.3) is 0 Å². The molecule has 0 aromatic heterocycles. The van der Waals surface area contributed by atoms with Gasteiger partial charge >= 0.3 is 0 Å². The number of nitrogens with zero attached hydrogens (tertiary/aromatic N) is 1. The normalized spacial score (nSPS) is 12.2. The van der Waals surface area contributed by atoms with E-state index < -0.39 is 0 Å². The van der Waals surface area contributed by atoms with Crippen LogP contribution in [0, 0.1) is 0 Å². The Hall–Kier alpha value is -1.17. The Kier molecular flexibility index (Phi) is 6.17. The van der Waals surface area contributed by atoms with E-state index in [-0.39, 0.29) is 11.9 Å².